The normalized spacial score (nSPS) is 15.1. The Kier molecular flexibility index (Phi) is 6.93. The zero-order valence-corrected chi connectivity index (χ0v) is 13.9. The van der Waals surface area contributed by atoms with Crippen molar-refractivity contribution in [1.29, 1.82) is 0 Å². The van der Waals surface area contributed by atoms with Crippen molar-refractivity contribution >= 4 is 17.7 Å². The predicted octanol–water partition coefficient (Wildman–Crippen LogP) is 2.00. The average Bonchev–Trinajstić information content (AvgIpc) is 2.57. The van der Waals surface area contributed by atoms with E-state index in [1.54, 1.807) is 24.0 Å². The zero-order valence-electron chi connectivity index (χ0n) is 13.9. The maximum absolute atomic E-state index is 12.4. The van der Waals surface area contributed by atoms with E-state index >= 15 is 0 Å². The van der Waals surface area contributed by atoms with Crippen molar-refractivity contribution in [3.05, 3.63) is 24.3 Å². The van der Waals surface area contributed by atoms with Crippen LogP contribution in [0.2, 0.25) is 0 Å². The largest absolute Gasteiger partial charge is 0.450 e. The molecule has 0 aliphatic carbocycles. The molecule has 25 heavy (non-hydrogen) atoms. The van der Waals surface area contributed by atoms with Crippen molar-refractivity contribution in [2.24, 2.45) is 0 Å². The number of carbonyl (C=O) groups is 2. The summed E-state index contributed by atoms with van der Waals surface area (Å²) in [6.45, 7) is 1.20. The smallest absolute Gasteiger partial charge is 0.409 e. The summed E-state index contributed by atoms with van der Waals surface area (Å²) >= 11 is 0. The lowest BCUT2D eigenvalue weighted by Crippen LogP contribution is -2.50. The summed E-state index contributed by atoms with van der Waals surface area (Å²) in [6.07, 6.45) is -0.357. The predicted molar refractivity (Wildman–Crippen MR) is 86.7 cm³/mol. The first-order valence-corrected chi connectivity index (χ1v) is 7.97. The van der Waals surface area contributed by atoms with Gasteiger partial charge in [0.25, 0.3) is 0 Å². The van der Waals surface area contributed by atoms with Crippen molar-refractivity contribution in [2.75, 3.05) is 44.6 Å². The minimum atomic E-state index is -2.96. The molecule has 2 rings (SSSR count). The Hall–Kier alpha value is -2.42. The van der Waals surface area contributed by atoms with Gasteiger partial charge in [-0.2, -0.15) is 8.78 Å². The van der Waals surface area contributed by atoms with E-state index in [4.69, 9.17) is 4.74 Å². The molecule has 0 spiro atoms. The van der Waals surface area contributed by atoms with Crippen LogP contribution in [-0.4, -0.2) is 67.7 Å². The highest BCUT2D eigenvalue weighted by atomic mass is 19.3. The van der Waals surface area contributed by atoms with Crippen LogP contribution in [0.15, 0.2) is 24.3 Å². The molecule has 9 heteroatoms. The lowest BCUT2D eigenvalue weighted by molar-refractivity contribution is -0.117. The number of ether oxygens (including phenoxy) is 2. The van der Waals surface area contributed by atoms with Crippen molar-refractivity contribution in [1.82, 2.24) is 9.80 Å². The van der Waals surface area contributed by atoms with E-state index in [1.807, 2.05) is 4.90 Å². The fourth-order valence-electron chi connectivity index (χ4n) is 2.46. The number of nitrogens with one attached hydrogen (secondary N) is 1. The van der Waals surface area contributed by atoms with Crippen LogP contribution in [-0.2, 0) is 9.53 Å². The van der Waals surface area contributed by atoms with Crippen molar-refractivity contribution < 1.29 is 27.8 Å². The number of benzene rings is 1. The summed E-state index contributed by atoms with van der Waals surface area (Å²) in [5.74, 6) is -0.423. The molecular formula is C16H21F2N3O4. The molecule has 2 amide bonds. The highest BCUT2D eigenvalue weighted by Gasteiger charge is 2.23. The van der Waals surface area contributed by atoms with Crippen LogP contribution in [0.1, 0.15) is 6.92 Å². The molecular weight excluding hydrogens is 336 g/mol. The fraction of sp³-hybridized carbons (Fsp3) is 0.500. The van der Waals surface area contributed by atoms with Crippen LogP contribution in [0.4, 0.5) is 19.3 Å². The summed E-state index contributed by atoms with van der Waals surface area (Å²) in [6, 6.07) is 6.02. The first-order chi connectivity index (χ1) is 12.0. The van der Waals surface area contributed by atoms with E-state index in [2.05, 4.69) is 10.1 Å². The molecule has 1 aliphatic rings. The summed E-state index contributed by atoms with van der Waals surface area (Å²) in [5, 5.41) is 2.57. The third-order valence-corrected chi connectivity index (χ3v) is 3.64. The quantitative estimate of drug-likeness (QED) is 0.843. The molecule has 1 heterocycles. The summed E-state index contributed by atoms with van der Waals surface area (Å²) < 4.78 is 34.1. The molecule has 138 valence electrons. The van der Waals surface area contributed by atoms with E-state index in [-0.39, 0.29) is 30.0 Å². The number of halogens is 2. The Balaban J connectivity index is 1.83. The lowest BCUT2D eigenvalue weighted by atomic mass is 10.3. The van der Waals surface area contributed by atoms with Gasteiger partial charge in [-0.05, 0) is 19.1 Å². The molecule has 0 unspecified atom stereocenters. The van der Waals surface area contributed by atoms with Gasteiger partial charge < -0.3 is 19.7 Å². The molecule has 1 fully saturated rings. The first-order valence-electron chi connectivity index (χ1n) is 7.97. The number of amides is 2. The molecule has 1 aliphatic heterocycles. The number of anilines is 1. The molecule has 7 nitrogen and oxygen atoms in total. The zero-order chi connectivity index (χ0) is 18.2. The molecule has 1 aromatic carbocycles. The van der Waals surface area contributed by atoms with E-state index in [1.165, 1.54) is 12.1 Å². The first kappa shape index (κ1) is 18.9. The molecule has 0 bridgehead atoms. The Labute approximate surface area is 144 Å². The SMILES string of the molecule is CCOC(=O)N1CCN(CC(=O)Nc2ccccc2OC(F)F)CC1. The Morgan fingerprint density at radius 2 is 1.88 bits per heavy atom. The number of nitrogens with zero attached hydrogens (tertiary/aromatic N) is 2. The van der Waals surface area contributed by atoms with Gasteiger partial charge in [0, 0.05) is 26.2 Å². The minimum absolute atomic E-state index is 0.0852. The molecule has 1 N–H and O–H groups in total. The van der Waals surface area contributed by atoms with Gasteiger partial charge in [0.1, 0.15) is 5.75 Å². The van der Waals surface area contributed by atoms with Crippen LogP contribution >= 0.6 is 0 Å². The number of rotatable bonds is 6. The number of carbonyl (C=O) groups excluding carboxylic acids is 2. The highest BCUT2D eigenvalue weighted by molar-refractivity contribution is 5.93. The van der Waals surface area contributed by atoms with Gasteiger partial charge in [0.2, 0.25) is 5.91 Å². The Morgan fingerprint density at radius 1 is 1.20 bits per heavy atom. The molecule has 1 aromatic rings. The monoisotopic (exact) mass is 357 g/mol. The van der Waals surface area contributed by atoms with Crippen LogP contribution in [0.5, 0.6) is 5.75 Å². The number of alkyl halides is 2. The van der Waals surface area contributed by atoms with E-state index in [0.717, 1.165) is 0 Å². The van der Waals surface area contributed by atoms with Crippen LogP contribution in [0.25, 0.3) is 0 Å². The third kappa shape index (κ3) is 5.86. The highest BCUT2D eigenvalue weighted by Crippen LogP contribution is 2.25. The Morgan fingerprint density at radius 3 is 2.52 bits per heavy atom. The van der Waals surface area contributed by atoms with Gasteiger partial charge >= 0.3 is 12.7 Å². The summed E-state index contributed by atoms with van der Waals surface area (Å²) in [4.78, 5) is 27.2. The third-order valence-electron chi connectivity index (χ3n) is 3.64. The number of para-hydroxylation sites is 2. The van der Waals surface area contributed by atoms with Gasteiger partial charge in [-0.15, -0.1) is 0 Å². The van der Waals surface area contributed by atoms with E-state index in [0.29, 0.717) is 32.8 Å². The lowest BCUT2D eigenvalue weighted by Gasteiger charge is -2.33. The molecule has 0 radical (unpaired) electrons. The fourth-order valence-corrected chi connectivity index (χ4v) is 2.46. The van der Waals surface area contributed by atoms with E-state index in [9.17, 15) is 18.4 Å². The number of hydrogen-bond donors (Lipinski definition) is 1. The van der Waals surface area contributed by atoms with Gasteiger partial charge in [-0.3, -0.25) is 9.69 Å². The van der Waals surface area contributed by atoms with Gasteiger partial charge in [0.05, 0.1) is 18.8 Å². The molecule has 0 atom stereocenters. The summed E-state index contributed by atoms with van der Waals surface area (Å²) in [7, 11) is 0. The molecule has 0 saturated carbocycles. The maximum atomic E-state index is 12.4. The number of hydrogen-bond acceptors (Lipinski definition) is 5. The van der Waals surface area contributed by atoms with Crippen LogP contribution in [0.3, 0.4) is 0 Å². The van der Waals surface area contributed by atoms with Crippen LogP contribution in [0, 0.1) is 0 Å². The molecule has 0 aromatic heterocycles. The number of piperazine rings is 1. The second-order valence-corrected chi connectivity index (χ2v) is 5.38. The standard InChI is InChI=1S/C16H21F2N3O4/c1-2-24-16(23)21-9-7-20(8-10-21)11-14(22)19-12-5-3-4-6-13(12)25-15(17)18/h3-6,15H,2,7-11H2,1H3,(H,19,22). The van der Waals surface area contributed by atoms with Crippen molar-refractivity contribution in [2.45, 2.75) is 13.5 Å². The second kappa shape index (κ2) is 9.16. The van der Waals surface area contributed by atoms with Crippen LogP contribution < -0.4 is 10.1 Å². The van der Waals surface area contributed by atoms with Crippen molar-refractivity contribution in [3.63, 3.8) is 0 Å². The van der Waals surface area contributed by atoms with Gasteiger partial charge in [-0.25, -0.2) is 4.79 Å². The van der Waals surface area contributed by atoms with Crippen molar-refractivity contribution in [3.8, 4) is 5.75 Å². The molecule has 1 saturated heterocycles. The Bertz CT molecular complexity index is 592. The second-order valence-electron chi connectivity index (χ2n) is 5.38. The summed E-state index contributed by atoms with van der Waals surface area (Å²) in [5.41, 5.74) is 0.193. The topological polar surface area (TPSA) is 71.1 Å². The van der Waals surface area contributed by atoms with E-state index < -0.39 is 6.61 Å². The van der Waals surface area contributed by atoms with Gasteiger partial charge in [-0.1, -0.05) is 12.1 Å². The minimum Gasteiger partial charge on any atom is -0.450 e. The van der Waals surface area contributed by atoms with Gasteiger partial charge in [0.15, 0.2) is 0 Å². The maximum Gasteiger partial charge on any atom is 0.409 e. The average molecular weight is 357 g/mol.